The smallest absolute Gasteiger partial charge is 0.273 e. The molecule has 2 aromatic heterocycles. The first-order valence-corrected chi connectivity index (χ1v) is 8.31. The summed E-state index contributed by atoms with van der Waals surface area (Å²) >= 11 is 0.832. The summed E-state index contributed by atoms with van der Waals surface area (Å²) in [5.41, 5.74) is 5.72. The number of rotatable bonds is 6. The van der Waals surface area contributed by atoms with E-state index in [9.17, 15) is 14.4 Å². The maximum Gasteiger partial charge on any atom is 0.273 e. The zero-order valence-corrected chi connectivity index (χ0v) is 14.6. The lowest BCUT2D eigenvalue weighted by Gasteiger charge is -2.08. The van der Waals surface area contributed by atoms with E-state index in [0.717, 1.165) is 21.7 Å². The summed E-state index contributed by atoms with van der Waals surface area (Å²) in [7, 11) is 1.57. The van der Waals surface area contributed by atoms with Gasteiger partial charge in [0.05, 0.1) is 13.4 Å². The van der Waals surface area contributed by atoms with E-state index in [1.54, 1.807) is 13.2 Å². The second-order valence-corrected chi connectivity index (χ2v) is 6.15. The Morgan fingerprint density at radius 3 is 2.92 bits per heavy atom. The van der Waals surface area contributed by atoms with Crippen molar-refractivity contribution in [3.8, 4) is 5.75 Å². The van der Waals surface area contributed by atoms with E-state index in [-0.39, 0.29) is 28.4 Å². The fourth-order valence-corrected chi connectivity index (χ4v) is 3.11. The zero-order valence-electron chi connectivity index (χ0n) is 13.8. The van der Waals surface area contributed by atoms with Gasteiger partial charge in [0.1, 0.15) is 22.5 Å². The average Bonchev–Trinajstić information content (AvgIpc) is 3.07. The van der Waals surface area contributed by atoms with Crippen LogP contribution in [0.2, 0.25) is 0 Å². The molecule has 9 nitrogen and oxygen atoms in total. The first-order valence-electron chi connectivity index (χ1n) is 7.54. The molecule has 0 aliphatic carbocycles. The molecule has 0 atom stereocenters. The molecule has 1 aromatic carbocycles. The number of hydrogen-bond acceptors (Lipinski definition) is 7. The van der Waals surface area contributed by atoms with Gasteiger partial charge in [-0.3, -0.25) is 19.0 Å². The number of nitrogens with zero attached hydrogens (tertiary/aromatic N) is 3. The van der Waals surface area contributed by atoms with Gasteiger partial charge in [-0.25, -0.2) is 4.98 Å². The Balaban J connectivity index is 1.72. The van der Waals surface area contributed by atoms with Crippen LogP contribution >= 0.6 is 11.5 Å². The summed E-state index contributed by atoms with van der Waals surface area (Å²) in [6.45, 7) is 0.0996. The quantitative estimate of drug-likeness (QED) is 0.638. The minimum absolute atomic E-state index is 0.0447. The molecule has 0 unspecified atom stereocenters. The van der Waals surface area contributed by atoms with E-state index in [1.807, 2.05) is 18.2 Å². The molecule has 2 amide bonds. The fourth-order valence-electron chi connectivity index (χ4n) is 2.32. The fraction of sp³-hybridized carbons (Fsp3) is 0.188. The van der Waals surface area contributed by atoms with Crippen molar-refractivity contribution in [3.63, 3.8) is 0 Å². The molecule has 0 saturated carbocycles. The molecule has 2 heterocycles. The predicted octanol–water partition coefficient (Wildman–Crippen LogP) is 0.277. The van der Waals surface area contributed by atoms with Crippen molar-refractivity contribution in [2.45, 2.75) is 13.1 Å². The number of fused-ring (bicyclic) bond motifs is 1. The molecule has 3 aromatic rings. The van der Waals surface area contributed by atoms with Crippen LogP contribution < -0.4 is 21.3 Å². The van der Waals surface area contributed by atoms with Crippen molar-refractivity contribution in [2.75, 3.05) is 7.11 Å². The largest absolute Gasteiger partial charge is 0.497 e. The summed E-state index contributed by atoms with van der Waals surface area (Å²) in [5.74, 6) is -0.411. The van der Waals surface area contributed by atoms with Crippen molar-refractivity contribution >= 4 is 33.6 Å². The highest BCUT2D eigenvalue weighted by atomic mass is 32.1. The molecule has 0 saturated heterocycles. The summed E-state index contributed by atoms with van der Waals surface area (Å²) in [6, 6.07) is 7.29. The molecule has 0 bridgehead atoms. The number of aromatic nitrogens is 3. The number of benzene rings is 1. The van der Waals surface area contributed by atoms with Crippen molar-refractivity contribution in [3.05, 3.63) is 52.2 Å². The van der Waals surface area contributed by atoms with Gasteiger partial charge in [0, 0.05) is 6.54 Å². The van der Waals surface area contributed by atoms with E-state index < -0.39 is 11.5 Å². The first-order chi connectivity index (χ1) is 12.5. The SMILES string of the molecule is COc1cccc(CNC(=O)Cn2cnc3c(C(N)=O)nsc3c2=O)c1. The number of primary amides is 1. The average molecular weight is 373 g/mol. The van der Waals surface area contributed by atoms with Crippen molar-refractivity contribution in [1.82, 2.24) is 19.2 Å². The minimum atomic E-state index is -0.753. The normalized spacial score (nSPS) is 10.7. The molecule has 10 heteroatoms. The zero-order chi connectivity index (χ0) is 18.7. The van der Waals surface area contributed by atoms with Gasteiger partial charge in [-0.1, -0.05) is 12.1 Å². The Labute approximate surface area is 151 Å². The molecule has 26 heavy (non-hydrogen) atoms. The maximum absolute atomic E-state index is 12.4. The number of nitrogens with one attached hydrogen (secondary N) is 1. The molecule has 0 spiro atoms. The standard InChI is InChI=1S/C16H15N5O4S/c1-25-10-4-2-3-9(5-10)6-18-11(22)7-21-8-19-12-13(15(17)23)20-26-14(12)16(21)24/h2-5,8H,6-7H2,1H3,(H2,17,23)(H,18,22). The van der Waals surface area contributed by atoms with Gasteiger partial charge in [-0.05, 0) is 29.2 Å². The number of carbonyl (C=O) groups is 2. The van der Waals surface area contributed by atoms with Crippen LogP contribution in [0.4, 0.5) is 0 Å². The highest BCUT2D eigenvalue weighted by Crippen LogP contribution is 2.16. The molecule has 3 N–H and O–H groups in total. The molecule has 0 aliphatic rings. The Hall–Kier alpha value is -3.27. The summed E-state index contributed by atoms with van der Waals surface area (Å²) < 4.78 is 10.3. The third-order valence-corrected chi connectivity index (χ3v) is 4.44. The number of ether oxygens (including phenoxy) is 1. The van der Waals surface area contributed by atoms with Gasteiger partial charge in [0.25, 0.3) is 11.5 Å². The Bertz CT molecular complexity index is 1040. The number of amides is 2. The summed E-state index contributed by atoms with van der Waals surface area (Å²) in [6.07, 6.45) is 1.20. The van der Waals surface area contributed by atoms with Crippen molar-refractivity contribution in [2.24, 2.45) is 5.73 Å². The van der Waals surface area contributed by atoms with Gasteiger partial charge in [0.2, 0.25) is 5.91 Å². The van der Waals surface area contributed by atoms with E-state index in [4.69, 9.17) is 10.5 Å². The van der Waals surface area contributed by atoms with Crippen LogP contribution in [0.3, 0.4) is 0 Å². The highest BCUT2D eigenvalue weighted by Gasteiger charge is 2.17. The topological polar surface area (TPSA) is 129 Å². The van der Waals surface area contributed by atoms with E-state index in [1.165, 1.54) is 6.33 Å². The minimum Gasteiger partial charge on any atom is -0.497 e. The molecule has 0 aliphatic heterocycles. The molecular weight excluding hydrogens is 358 g/mol. The second kappa shape index (κ2) is 7.31. The molecule has 0 radical (unpaired) electrons. The molecule has 0 fully saturated rings. The van der Waals surface area contributed by atoms with Crippen LogP contribution in [-0.4, -0.2) is 32.8 Å². The first kappa shape index (κ1) is 17.5. The maximum atomic E-state index is 12.4. The molecular formula is C16H15N5O4S. The lowest BCUT2D eigenvalue weighted by molar-refractivity contribution is -0.121. The lowest BCUT2D eigenvalue weighted by Crippen LogP contribution is -2.32. The van der Waals surface area contributed by atoms with E-state index in [0.29, 0.717) is 12.3 Å². The third-order valence-electron chi connectivity index (χ3n) is 3.62. The van der Waals surface area contributed by atoms with Crippen molar-refractivity contribution in [1.29, 1.82) is 0 Å². The monoisotopic (exact) mass is 373 g/mol. The Morgan fingerprint density at radius 2 is 2.19 bits per heavy atom. The van der Waals surface area contributed by atoms with Gasteiger partial charge in [0.15, 0.2) is 5.69 Å². The van der Waals surface area contributed by atoms with E-state index in [2.05, 4.69) is 14.7 Å². The number of nitrogens with two attached hydrogens (primary N) is 1. The highest BCUT2D eigenvalue weighted by molar-refractivity contribution is 7.13. The predicted molar refractivity (Wildman–Crippen MR) is 95.0 cm³/mol. The van der Waals surface area contributed by atoms with Crippen molar-refractivity contribution < 1.29 is 14.3 Å². The number of hydrogen-bond donors (Lipinski definition) is 2. The summed E-state index contributed by atoms with van der Waals surface area (Å²) in [4.78, 5) is 39.8. The van der Waals surface area contributed by atoms with Gasteiger partial charge >= 0.3 is 0 Å². The van der Waals surface area contributed by atoms with E-state index >= 15 is 0 Å². The Morgan fingerprint density at radius 1 is 1.38 bits per heavy atom. The van der Waals surface area contributed by atoms with Gasteiger partial charge < -0.3 is 15.8 Å². The van der Waals surface area contributed by atoms with Gasteiger partial charge in [-0.15, -0.1) is 0 Å². The Kier molecular flexibility index (Phi) is 4.94. The second-order valence-electron chi connectivity index (χ2n) is 5.38. The number of methoxy groups -OCH3 is 1. The van der Waals surface area contributed by atoms with Crippen LogP contribution in [0.25, 0.3) is 10.2 Å². The number of carbonyl (C=O) groups excluding carboxylic acids is 2. The molecule has 134 valence electrons. The molecule has 3 rings (SSSR count). The van der Waals surface area contributed by atoms with Crippen LogP contribution in [0.5, 0.6) is 5.75 Å². The summed E-state index contributed by atoms with van der Waals surface area (Å²) in [5, 5.41) is 2.73. The lowest BCUT2D eigenvalue weighted by atomic mass is 10.2. The van der Waals surface area contributed by atoms with Crippen LogP contribution in [0.15, 0.2) is 35.4 Å². The van der Waals surface area contributed by atoms with Crippen LogP contribution in [-0.2, 0) is 17.9 Å². The van der Waals surface area contributed by atoms with Gasteiger partial charge in [-0.2, -0.15) is 4.37 Å². The van der Waals surface area contributed by atoms with Crippen LogP contribution in [0.1, 0.15) is 16.1 Å². The third kappa shape index (κ3) is 3.54. The van der Waals surface area contributed by atoms with Crippen LogP contribution in [0, 0.1) is 0 Å².